The van der Waals surface area contributed by atoms with Gasteiger partial charge in [0.05, 0.1) is 37.3 Å². The van der Waals surface area contributed by atoms with Gasteiger partial charge >= 0.3 is 21.8 Å². The molecular formula is C49H63Cl8F3O11SSi2. The van der Waals surface area contributed by atoms with Gasteiger partial charge in [0.25, 0.3) is 8.32 Å². The summed E-state index contributed by atoms with van der Waals surface area (Å²) in [5.74, 6) is 0.967. The van der Waals surface area contributed by atoms with Crippen LogP contribution in [0.3, 0.4) is 0 Å². The maximum Gasteiger partial charge on any atom is 0.522 e. The average molecular weight is 1260 g/mol. The number of rotatable bonds is 14. The molecule has 0 aliphatic rings. The Bertz CT molecular complexity index is 2430. The van der Waals surface area contributed by atoms with Gasteiger partial charge in [-0.05, 0) is 95.6 Å². The topological polar surface area (TPSA) is 163 Å². The van der Waals surface area contributed by atoms with E-state index in [9.17, 15) is 36.0 Å². The minimum atomic E-state index is -5.53. The molecule has 0 heterocycles. The first-order valence-corrected chi connectivity index (χ1v) is 31.2. The number of benzene rings is 4. The molecule has 0 atom stereocenters. The van der Waals surface area contributed by atoms with Crippen LogP contribution in [0.15, 0.2) is 60.7 Å². The second-order valence-electron chi connectivity index (χ2n) is 18.3. The highest BCUT2D eigenvalue weighted by atomic mass is 35.5. The lowest BCUT2D eigenvalue weighted by atomic mass is 10.2. The van der Waals surface area contributed by atoms with Gasteiger partial charge in [-0.1, -0.05) is 176 Å². The molecule has 0 spiro atoms. The van der Waals surface area contributed by atoms with Crippen molar-refractivity contribution in [1.82, 2.24) is 0 Å². The van der Waals surface area contributed by atoms with Crippen LogP contribution in [-0.4, -0.2) is 65.6 Å². The first kappa shape index (κ1) is 71.3. The van der Waals surface area contributed by atoms with Crippen molar-refractivity contribution in [3.63, 3.8) is 0 Å². The van der Waals surface area contributed by atoms with Gasteiger partial charge < -0.3 is 28.0 Å². The Kier molecular flexibility index (Phi) is 30.5. The fourth-order valence-corrected chi connectivity index (χ4v) is 23.5. The van der Waals surface area contributed by atoms with E-state index in [4.69, 9.17) is 121 Å². The summed E-state index contributed by atoms with van der Waals surface area (Å²) < 4.78 is 80.8. The number of carbonyl (C=O) groups is 3. The normalized spacial score (nSPS) is 11.8. The van der Waals surface area contributed by atoms with Gasteiger partial charge in [-0.15, -0.1) is 0 Å². The third-order valence-electron chi connectivity index (χ3n) is 10.8. The summed E-state index contributed by atoms with van der Waals surface area (Å²) in [5, 5.41) is 20.4. The number of halogens is 11. The molecule has 0 amide bonds. The Balaban J connectivity index is 0.000000920. The monoisotopic (exact) mass is 1250 g/mol. The van der Waals surface area contributed by atoms with Crippen LogP contribution in [0.5, 0.6) is 23.0 Å². The van der Waals surface area contributed by atoms with E-state index in [0.29, 0.717) is 49.3 Å². The number of hydrogen-bond acceptors (Lipinski definition) is 11. The third-order valence-corrected chi connectivity index (χ3v) is 27.0. The Morgan fingerprint density at radius 2 is 0.824 bits per heavy atom. The number of phenols is 2. The van der Waals surface area contributed by atoms with Crippen LogP contribution in [0.1, 0.15) is 118 Å². The molecule has 4 aromatic rings. The number of phenolic OH excluding ortho intramolecular Hbond substituents is 2. The molecule has 11 nitrogen and oxygen atoms in total. The summed E-state index contributed by atoms with van der Waals surface area (Å²) in [6, 6.07) is 15.0. The van der Waals surface area contributed by atoms with Crippen LogP contribution in [-0.2, 0) is 18.7 Å². The zero-order valence-corrected chi connectivity index (χ0v) is 52.0. The van der Waals surface area contributed by atoms with E-state index in [-0.39, 0.29) is 71.2 Å². The molecule has 0 radical (unpaired) electrons. The highest BCUT2D eigenvalue weighted by Gasteiger charge is 2.56. The number of carbonyl (C=O) groups excluding carboxylic acids is 3. The summed E-state index contributed by atoms with van der Waals surface area (Å²) in [6.45, 7) is 27.3. The third kappa shape index (κ3) is 22.0. The Hall–Kier alpha value is -2.66. The molecule has 416 valence electrons. The molecule has 0 fully saturated rings. The van der Waals surface area contributed by atoms with Crippen LogP contribution >= 0.6 is 92.8 Å². The van der Waals surface area contributed by atoms with E-state index in [1.165, 1.54) is 36.4 Å². The van der Waals surface area contributed by atoms with Crippen molar-refractivity contribution in [3.05, 3.63) is 112 Å². The zero-order chi connectivity index (χ0) is 58.0. The number of aromatic hydroxyl groups is 2. The molecule has 0 bridgehead atoms. The number of alkyl halides is 3. The summed E-state index contributed by atoms with van der Waals surface area (Å²) in [5.41, 5.74) is -4.09. The maximum absolute atomic E-state index is 12.5. The predicted octanol–water partition coefficient (Wildman–Crippen LogP) is 19.5. The Labute approximate surface area is 475 Å². The largest absolute Gasteiger partial charge is 0.543 e. The molecule has 0 aromatic heterocycles. The SMILES string of the molecule is CC(C)OC(=O)Oc1cc(Cl)c(C=O)c(Cl)c1.CC(C)[Si](OS(=O)(=O)C(F)(F)F)(C(C)C)C(C)C.CC(C)[Si](Oc1cc(Cl)cc(Cl)c1)(C(C)C)C(C)C.O=Cc1c(Cl)cc(O)cc1Cl.Oc1cc(Cl)cc(Cl)c1. The molecule has 0 aliphatic carbocycles. The van der Waals surface area contributed by atoms with Crippen molar-refractivity contribution in [2.45, 2.75) is 142 Å². The molecule has 0 unspecified atom stereocenters. The fourth-order valence-electron chi connectivity index (χ4n) is 7.94. The fraction of sp³-hybridized carbons (Fsp3) is 0.449. The lowest BCUT2D eigenvalue weighted by molar-refractivity contribution is -0.0506. The summed E-state index contributed by atoms with van der Waals surface area (Å²) in [6.07, 6.45) is -0.0703. The maximum atomic E-state index is 12.5. The average Bonchev–Trinajstić information content (AvgIpc) is 3.20. The molecule has 0 saturated carbocycles. The van der Waals surface area contributed by atoms with Crippen LogP contribution in [0, 0.1) is 0 Å². The molecule has 4 rings (SSSR count). The zero-order valence-electron chi connectivity index (χ0n) is 43.1. The van der Waals surface area contributed by atoms with Crippen LogP contribution < -0.4 is 9.16 Å². The lowest BCUT2D eigenvalue weighted by Crippen LogP contribution is -2.51. The number of hydrogen-bond donors (Lipinski definition) is 2. The molecular weight excluding hydrogens is 1190 g/mol. The van der Waals surface area contributed by atoms with Crippen molar-refractivity contribution in [2.75, 3.05) is 0 Å². The van der Waals surface area contributed by atoms with Gasteiger partial charge in [0, 0.05) is 32.2 Å². The molecule has 4 aromatic carbocycles. The van der Waals surface area contributed by atoms with E-state index in [2.05, 4.69) is 41.5 Å². The van der Waals surface area contributed by atoms with Gasteiger partial charge in [0.1, 0.15) is 23.0 Å². The summed E-state index contributed by atoms with van der Waals surface area (Å²) >= 11 is 45.8. The van der Waals surface area contributed by atoms with E-state index in [1.807, 2.05) is 12.1 Å². The minimum absolute atomic E-state index is 0.0504. The van der Waals surface area contributed by atoms with Gasteiger partial charge in [-0.3, -0.25) is 9.59 Å². The molecule has 2 N–H and O–H groups in total. The van der Waals surface area contributed by atoms with E-state index in [1.54, 1.807) is 67.5 Å². The quantitative estimate of drug-likeness (QED) is 0.0406. The second kappa shape index (κ2) is 31.7. The molecule has 25 heteroatoms. The number of ether oxygens (including phenoxy) is 2. The first-order valence-electron chi connectivity index (χ1n) is 22.5. The van der Waals surface area contributed by atoms with Gasteiger partial charge in [-0.2, -0.15) is 21.6 Å². The smallest absolute Gasteiger partial charge is 0.522 e. The Morgan fingerprint density at radius 1 is 0.514 bits per heavy atom. The van der Waals surface area contributed by atoms with Crippen molar-refractivity contribution in [1.29, 1.82) is 0 Å². The van der Waals surface area contributed by atoms with E-state index in [0.717, 1.165) is 5.75 Å². The lowest BCUT2D eigenvalue weighted by Gasteiger charge is -2.42. The predicted molar refractivity (Wildman–Crippen MR) is 301 cm³/mol. The molecule has 74 heavy (non-hydrogen) atoms. The van der Waals surface area contributed by atoms with E-state index >= 15 is 0 Å². The Morgan fingerprint density at radius 3 is 1.11 bits per heavy atom. The van der Waals surface area contributed by atoms with Gasteiger partial charge in [0.15, 0.2) is 12.6 Å². The van der Waals surface area contributed by atoms with Crippen LogP contribution in [0.25, 0.3) is 0 Å². The highest BCUT2D eigenvalue weighted by Crippen LogP contribution is 2.46. The van der Waals surface area contributed by atoms with Crippen molar-refractivity contribution in [3.8, 4) is 23.0 Å². The molecule has 0 saturated heterocycles. The number of aldehydes is 2. The summed E-state index contributed by atoms with van der Waals surface area (Å²) in [7, 11) is -10.5. The van der Waals surface area contributed by atoms with Gasteiger partial charge in [0.2, 0.25) is 8.32 Å². The van der Waals surface area contributed by atoms with Crippen LogP contribution in [0.2, 0.25) is 73.4 Å². The minimum Gasteiger partial charge on any atom is -0.543 e. The standard InChI is InChI=1S/C15H24Cl2OSi.C11H10Cl2O4.C10H21F3O3SSi.C7H4Cl2O2.C6H4Cl2O/c1-10(2)19(11(3)4,12(5)6)18-15-8-13(16)7-14(17)9-15;1-6(2)16-11(15)17-7-3-9(12)8(5-14)10(13)4-7;1-7(2)18(8(3)4,9(5)6)16-17(14,15)10(11,12)13;8-6-1-4(11)2-7(9)5(6)3-10;7-4-1-5(8)3-6(9)2-4/h7-12H,1-6H3;3-6H,1-2H3;7-9H,1-6H3;1-3,11H;1-3,9H. The first-order chi connectivity index (χ1) is 33.7. The molecule has 0 aliphatic heterocycles. The van der Waals surface area contributed by atoms with Gasteiger partial charge in [-0.25, -0.2) is 4.79 Å². The van der Waals surface area contributed by atoms with Crippen molar-refractivity contribution < 1.29 is 64.0 Å². The van der Waals surface area contributed by atoms with E-state index < -0.39 is 38.4 Å². The highest BCUT2D eigenvalue weighted by molar-refractivity contribution is 7.88. The van der Waals surface area contributed by atoms with Crippen LogP contribution in [0.4, 0.5) is 18.0 Å². The van der Waals surface area contributed by atoms with Crippen molar-refractivity contribution >= 4 is 138 Å². The summed E-state index contributed by atoms with van der Waals surface area (Å²) in [4.78, 5) is 32.1. The second-order valence-corrected chi connectivity index (χ2v) is 34.3. The van der Waals surface area contributed by atoms with Crippen molar-refractivity contribution in [2.24, 2.45) is 0 Å².